The molecule has 0 saturated heterocycles. The fourth-order valence-corrected chi connectivity index (χ4v) is 10.9. The number of H-pyrrole nitrogens is 2. The second-order valence-corrected chi connectivity index (χ2v) is 26.2. The van der Waals surface area contributed by atoms with Crippen molar-refractivity contribution in [3.63, 3.8) is 0 Å². The molecular formula is C74H70BBrF2N16O8. The van der Waals surface area contributed by atoms with Gasteiger partial charge in [-0.1, -0.05) is 30.3 Å². The smallest absolute Gasteiger partial charge is 0.506 e. The summed E-state index contributed by atoms with van der Waals surface area (Å²) in [5, 5.41) is 44.1. The van der Waals surface area contributed by atoms with Gasteiger partial charge in [0.25, 0.3) is 0 Å². The van der Waals surface area contributed by atoms with Gasteiger partial charge in [-0.3, -0.25) is 13.8 Å². The van der Waals surface area contributed by atoms with Gasteiger partial charge in [0.15, 0.2) is 17.5 Å². The van der Waals surface area contributed by atoms with E-state index in [1.165, 1.54) is 46.8 Å². The van der Waals surface area contributed by atoms with Crippen molar-refractivity contribution in [2.24, 2.45) is 0 Å². The molecule has 0 fully saturated rings. The first-order valence-electron chi connectivity index (χ1n) is 32.0. The van der Waals surface area contributed by atoms with Gasteiger partial charge in [0.05, 0.1) is 24.4 Å². The summed E-state index contributed by atoms with van der Waals surface area (Å²) in [7, 11) is -1.74. The topological polar surface area (TPSA) is 303 Å². The molecule has 0 spiro atoms. The Labute approximate surface area is 592 Å². The molecule has 0 bridgehead atoms. The molecule has 5 N–H and O–H groups in total. The molecule has 14 aromatic rings. The summed E-state index contributed by atoms with van der Waals surface area (Å²) in [5.74, 6) is 1.50. The number of ether oxygens (including phenoxy) is 3. The number of aryl methyl sites for hydroxylation is 2. The number of hydrogen-bond acceptors (Lipinski definition) is 18. The van der Waals surface area contributed by atoms with Gasteiger partial charge >= 0.3 is 19.2 Å². The Morgan fingerprint density at radius 3 is 1.63 bits per heavy atom. The predicted molar refractivity (Wildman–Crippen MR) is 387 cm³/mol. The minimum atomic E-state index is -1.74. The van der Waals surface area contributed by atoms with E-state index in [4.69, 9.17) is 14.2 Å². The Kier molecular flexibility index (Phi) is 22.1. The monoisotopic (exact) mass is 1440 g/mol. The highest BCUT2D eigenvalue weighted by Crippen LogP contribution is 2.44. The molecule has 0 radical (unpaired) electrons. The zero-order valence-corrected chi connectivity index (χ0v) is 58.3. The molecule has 1 unspecified atom stereocenters. The molecule has 0 aliphatic heterocycles. The Balaban J connectivity index is 0.000000133. The zero-order chi connectivity index (χ0) is 72.2. The van der Waals surface area contributed by atoms with Crippen LogP contribution in [0.15, 0.2) is 207 Å². The number of esters is 1. The molecular weight excluding hydrogens is 1370 g/mol. The largest absolute Gasteiger partial charge is 0.508 e. The van der Waals surface area contributed by atoms with Crippen LogP contribution in [-0.2, 0) is 14.3 Å². The highest BCUT2D eigenvalue weighted by Gasteiger charge is 2.36. The number of aromatic amines is 2. The lowest BCUT2D eigenvalue weighted by Gasteiger charge is -2.24. The van der Waals surface area contributed by atoms with E-state index in [1.54, 1.807) is 96.5 Å². The van der Waals surface area contributed by atoms with Crippen LogP contribution in [0.4, 0.5) is 13.6 Å². The lowest BCUT2D eigenvalue weighted by molar-refractivity contribution is -0.155. The standard InChI is InChI=1S/C21H20N4O3.C18H16FN5O.C16H13N5.C14H18BNO4.C5H3BrFN/c1-21(2,3)28-20(27)19-16(8-13-4-6-15(26)9-17(13)19)14-5-7-18(23-10-14)25-12-22-11-24-25;19-6-1-7-25-15-4-2-13-8-16(23-17(13)9-15)14-3-5-18(21-10-14)24-12-20-11-22-24;1-11-2-3-12-7-15(20-14(12)6-11)13-4-5-16(18-8-13)21-10-17-9-19-21;1-9-5-6-10-8-12(15(18)19)16(11(10)7-9)13(17)20-14(2,3)4;6-4-1-2-5(7)8-3-4/h4-12,19,26H,1-3H3;2-5,8-12,23H,1,6-7H2;2-10,20H,1H3;5-8,18-19H,1-4H3;1-3H. The SMILES string of the molecule is CC(C)(C)OC(=O)C1C(c2ccc(-n3cncn3)nc2)=Cc2ccc(O)cc21.Cc1ccc2cc(-c3ccc(-n4cncn4)nc3)[nH]c2c1.Cc1ccc2cc(B(O)O)n(C(=O)OC(C)(C)C)c2c1.FCCCOc1ccc2cc(-c3ccc(-n4cncn4)nc3)[nH]c2c1.Fc1ccc(Br)cn1. The van der Waals surface area contributed by atoms with E-state index in [0.717, 1.165) is 88.2 Å². The normalized spacial score (nSPS) is 12.4. The van der Waals surface area contributed by atoms with Crippen LogP contribution >= 0.6 is 15.9 Å². The van der Waals surface area contributed by atoms with Crippen molar-refractivity contribution >= 4 is 85.1 Å². The minimum absolute atomic E-state index is 0.0971. The van der Waals surface area contributed by atoms with Crippen LogP contribution in [0.3, 0.4) is 0 Å². The summed E-state index contributed by atoms with van der Waals surface area (Å²) in [5.41, 5.74) is 11.0. The molecule has 10 heterocycles. The zero-order valence-electron chi connectivity index (χ0n) is 56.7. The number of alkyl halides is 1. The molecule has 0 amide bonds. The third-order valence-corrected chi connectivity index (χ3v) is 15.7. The first-order valence-corrected chi connectivity index (χ1v) is 32.8. The van der Waals surface area contributed by atoms with Crippen LogP contribution in [0.5, 0.6) is 11.5 Å². The van der Waals surface area contributed by atoms with Crippen molar-refractivity contribution < 1.29 is 47.7 Å². The number of aromatic nitrogens is 16. The number of pyridine rings is 4. The Bertz CT molecular complexity index is 5150. The summed E-state index contributed by atoms with van der Waals surface area (Å²) in [6.45, 7) is 14.8. The molecule has 1 aliphatic rings. The van der Waals surface area contributed by atoms with Crippen LogP contribution in [-0.4, -0.2) is 138 Å². The lowest BCUT2D eigenvalue weighted by atomic mass is 9.86. The summed E-state index contributed by atoms with van der Waals surface area (Å²) in [6, 6.07) is 43.0. The van der Waals surface area contributed by atoms with Crippen LogP contribution in [0, 0.1) is 19.8 Å². The van der Waals surface area contributed by atoms with E-state index in [1.807, 2.05) is 113 Å². The first kappa shape index (κ1) is 71.4. The number of carbonyl (C=O) groups excluding carboxylic acids is 2. The third-order valence-electron chi connectivity index (χ3n) is 15.2. The predicted octanol–water partition coefficient (Wildman–Crippen LogP) is 13.4. The molecule has 1 atom stereocenters. The number of phenolic OH excluding ortho intramolecular Hbond substituents is 1. The van der Waals surface area contributed by atoms with Crippen LogP contribution < -0.4 is 10.3 Å². The first-order chi connectivity index (χ1) is 48.9. The number of carbonyl (C=O) groups is 2. The molecule has 518 valence electrons. The number of nitrogens with zero attached hydrogens (tertiary/aromatic N) is 14. The van der Waals surface area contributed by atoms with Crippen LogP contribution in [0.2, 0.25) is 0 Å². The molecule has 102 heavy (non-hydrogen) atoms. The highest BCUT2D eigenvalue weighted by molar-refractivity contribution is 9.10. The Hall–Kier alpha value is -11.9. The van der Waals surface area contributed by atoms with Crippen molar-refractivity contribution in [3.8, 4) is 51.5 Å². The Morgan fingerprint density at radius 2 is 1.14 bits per heavy atom. The van der Waals surface area contributed by atoms with Crippen molar-refractivity contribution in [1.29, 1.82) is 0 Å². The number of nitrogens with one attached hydrogen (secondary N) is 2. The molecule has 1 aliphatic carbocycles. The van der Waals surface area contributed by atoms with Crippen LogP contribution in [0.25, 0.3) is 84.3 Å². The molecule has 4 aromatic carbocycles. The Morgan fingerprint density at radius 1 is 0.598 bits per heavy atom. The van der Waals surface area contributed by atoms with Gasteiger partial charge in [0, 0.05) is 86.1 Å². The number of benzene rings is 4. The number of phenols is 1. The summed E-state index contributed by atoms with van der Waals surface area (Å²) in [6.07, 6.45) is 17.7. The van der Waals surface area contributed by atoms with Gasteiger partial charge < -0.3 is 39.3 Å². The van der Waals surface area contributed by atoms with Crippen LogP contribution in [0.1, 0.15) is 81.7 Å². The van der Waals surface area contributed by atoms with E-state index in [9.17, 15) is 33.5 Å². The van der Waals surface area contributed by atoms with Gasteiger partial charge in [-0.15, -0.1) is 0 Å². The van der Waals surface area contributed by atoms with E-state index in [0.29, 0.717) is 30.2 Å². The van der Waals surface area contributed by atoms with Gasteiger partial charge in [-0.05, 0) is 219 Å². The van der Waals surface area contributed by atoms with E-state index in [-0.39, 0.29) is 24.0 Å². The van der Waals surface area contributed by atoms with E-state index >= 15 is 0 Å². The lowest BCUT2D eigenvalue weighted by Crippen LogP contribution is -2.41. The fourth-order valence-electron chi connectivity index (χ4n) is 10.6. The van der Waals surface area contributed by atoms with Crippen molar-refractivity contribution in [2.45, 2.75) is 78.9 Å². The maximum Gasteiger partial charge on any atom is 0.506 e. The maximum absolute atomic E-state index is 13.0. The summed E-state index contributed by atoms with van der Waals surface area (Å²) >= 11 is 3.12. The van der Waals surface area contributed by atoms with E-state index < -0.39 is 36.3 Å². The van der Waals surface area contributed by atoms with Crippen molar-refractivity contribution in [1.82, 2.24) is 78.8 Å². The van der Waals surface area contributed by atoms with Crippen molar-refractivity contribution in [3.05, 3.63) is 241 Å². The summed E-state index contributed by atoms with van der Waals surface area (Å²) < 4.78 is 47.4. The minimum Gasteiger partial charge on any atom is -0.508 e. The molecule has 24 nitrogen and oxygen atoms in total. The quantitative estimate of drug-likeness (QED) is 0.0328. The van der Waals surface area contributed by atoms with Gasteiger partial charge in [-0.2, -0.15) is 19.7 Å². The second kappa shape index (κ2) is 31.5. The number of halogens is 3. The van der Waals surface area contributed by atoms with Crippen molar-refractivity contribution in [2.75, 3.05) is 13.3 Å². The van der Waals surface area contributed by atoms with E-state index in [2.05, 4.69) is 113 Å². The average Bonchev–Trinajstić information content (AvgIpc) is 1.63. The van der Waals surface area contributed by atoms with Gasteiger partial charge in [-0.25, -0.2) is 53.7 Å². The number of aromatic hydroxyl groups is 1. The number of rotatable bonds is 12. The molecule has 15 rings (SSSR count). The number of fused-ring (bicyclic) bond motifs is 4. The number of hydrogen-bond donors (Lipinski definition) is 5. The maximum atomic E-state index is 13.0. The second-order valence-electron chi connectivity index (χ2n) is 25.3. The highest BCUT2D eigenvalue weighted by atomic mass is 79.9. The molecule has 0 saturated carbocycles. The van der Waals surface area contributed by atoms with Gasteiger partial charge in [0.2, 0.25) is 5.95 Å². The molecule has 10 aromatic heterocycles. The third kappa shape index (κ3) is 18.1. The fraction of sp³-hybridized carbons (Fsp3) is 0.189. The summed E-state index contributed by atoms with van der Waals surface area (Å²) in [4.78, 5) is 60.5. The molecule has 28 heteroatoms. The van der Waals surface area contributed by atoms with Gasteiger partial charge in [0.1, 0.15) is 66.6 Å². The average molecular weight is 1440 g/mol.